The molecule has 0 saturated carbocycles. The van der Waals surface area contributed by atoms with Crippen molar-refractivity contribution >= 4 is 29.6 Å². The van der Waals surface area contributed by atoms with Crippen LogP contribution >= 0.6 is 12.6 Å². The molecule has 26 heavy (non-hydrogen) atoms. The molecule has 3 heterocycles. The van der Waals surface area contributed by atoms with Gasteiger partial charge in [-0.05, 0) is 6.92 Å². The number of thiol groups is 1. The Morgan fingerprint density at radius 1 is 1.27 bits per heavy atom. The monoisotopic (exact) mass is 373 g/mol. The van der Waals surface area contributed by atoms with Gasteiger partial charge in [-0.2, -0.15) is 12.6 Å². The van der Waals surface area contributed by atoms with E-state index in [4.69, 9.17) is 10.5 Å². The number of ether oxygens (including phenoxy) is 1. The fourth-order valence-corrected chi connectivity index (χ4v) is 3.56. The highest BCUT2D eigenvalue weighted by molar-refractivity contribution is 7.81. The van der Waals surface area contributed by atoms with E-state index in [0.717, 1.165) is 11.1 Å². The molecule has 1 saturated heterocycles. The topological polar surface area (TPSA) is 119 Å². The van der Waals surface area contributed by atoms with E-state index in [0.29, 0.717) is 17.0 Å². The summed E-state index contributed by atoms with van der Waals surface area (Å²) in [6.45, 7) is 1.70. The number of aliphatic hydroxyl groups is 2. The Balaban J connectivity index is 1.93. The molecule has 0 unspecified atom stereocenters. The molecule has 1 aromatic carbocycles. The standard InChI is InChI=1S/C17H19N5O3S/c1-8-2-4-9(5-3-8)15-21-11-14(18)19-7-20-16(11)22(15)17-13(26)12(24)10(6-23)25-17/h2-5,7,10,12-13,17,23-24,26H,6H2,1H3,(H2,18,19,20)/t10-,12-,13-,17-/m1/s1. The van der Waals surface area contributed by atoms with Crippen LogP contribution in [0.1, 0.15) is 11.8 Å². The zero-order chi connectivity index (χ0) is 18.4. The molecule has 4 N–H and O–H groups in total. The third kappa shape index (κ3) is 2.64. The van der Waals surface area contributed by atoms with Crippen molar-refractivity contribution in [2.24, 2.45) is 0 Å². The van der Waals surface area contributed by atoms with Gasteiger partial charge in [0.25, 0.3) is 0 Å². The Bertz CT molecular complexity index is 945. The molecule has 1 aliphatic heterocycles. The predicted octanol–water partition coefficient (Wildman–Crippen LogP) is 0.933. The maximum atomic E-state index is 10.3. The van der Waals surface area contributed by atoms with Gasteiger partial charge in [0.05, 0.1) is 18.0 Å². The Labute approximate surface area is 155 Å². The first-order valence-corrected chi connectivity index (χ1v) is 8.70. The van der Waals surface area contributed by atoms with Crippen molar-refractivity contribution in [1.29, 1.82) is 0 Å². The quantitative estimate of drug-likeness (QED) is 0.504. The number of fused-ring (bicyclic) bond motifs is 1. The van der Waals surface area contributed by atoms with E-state index < -0.39 is 23.7 Å². The number of imidazole rings is 1. The summed E-state index contributed by atoms with van der Waals surface area (Å²) in [6, 6.07) is 7.85. The van der Waals surface area contributed by atoms with Crippen molar-refractivity contribution < 1.29 is 14.9 Å². The Hall–Kier alpha value is -2.20. The molecule has 2 aromatic heterocycles. The summed E-state index contributed by atoms with van der Waals surface area (Å²) < 4.78 is 7.62. The van der Waals surface area contributed by atoms with Crippen LogP contribution in [0.25, 0.3) is 22.6 Å². The molecular formula is C17H19N5O3S. The minimum atomic E-state index is -0.921. The highest BCUT2D eigenvalue weighted by Gasteiger charge is 2.44. The van der Waals surface area contributed by atoms with Gasteiger partial charge in [0, 0.05) is 5.56 Å². The zero-order valence-electron chi connectivity index (χ0n) is 14.0. The SMILES string of the molecule is Cc1ccc(-c2nc3c(N)ncnc3n2[C@@H]2O[C@H](CO)[C@@H](O)[C@H]2S)cc1. The molecule has 0 spiro atoms. The number of anilines is 1. The summed E-state index contributed by atoms with van der Waals surface area (Å²) in [5.74, 6) is 0.845. The normalized spacial score (nSPS) is 25.8. The molecule has 0 radical (unpaired) electrons. The van der Waals surface area contributed by atoms with Crippen molar-refractivity contribution in [2.75, 3.05) is 12.3 Å². The number of hydrogen-bond acceptors (Lipinski definition) is 8. The van der Waals surface area contributed by atoms with Crippen LogP contribution < -0.4 is 5.73 Å². The van der Waals surface area contributed by atoms with Crippen molar-refractivity contribution in [2.45, 2.75) is 30.6 Å². The highest BCUT2D eigenvalue weighted by Crippen LogP contribution is 2.38. The molecule has 136 valence electrons. The van der Waals surface area contributed by atoms with Gasteiger partial charge in [-0.25, -0.2) is 15.0 Å². The molecule has 9 heteroatoms. The summed E-state index contributed by atoms with van der Waals surface area (Å²) in [4.78, 5) is 12.9. The Kier molecular flexibility index (Phi) is 4.31. The van der Waals surface area contributed by atoms with E-state index >= 15 is 0 Å². The number of aliphatic hydroxyl groups excluding tert-OH is 2. The minimum absolute atomic E-state index is 0.259. The van der Waals surface area contributed by atoms with Gasteiger partial charge in [-0.15, -0.1) is 0 Å². The molecule has 1 aliphatic rings. The van der Waals surface area contributed by atoms with Gasteiger partial charge in [-0.1, -0.05) is 29.8 Å². The van der Waals surface area contributed by atoms with Crippen LogP contribution in [0.3, 0.4) is 0 Å². The lowest BCUT2D eigenvalue weighted by Crippen LogP contribution is -2.30. The van der Waals surface area contributed by atoms with E-state index in [-0.39, 0.29) is 12.4 Å². The number of hydrogen-bond donors (Lipinski definition) is 4. The maximum absolute atomic E-state index is 10.3. The number of rotatable bonds is 3. The zero-order valence-corrected chi connectivity index (χ0v) is 14.9. The van der Waals surface area contributed by atoms with Crippen LogP contribution in [0.5, 0.6) is 0 Å². The highest BCUT2D eigenvalue weighted by atomic mass is 32.1. The van der Waals surface area contributed by atoms with Gasteiger partial charge in [0.15, 0.2) is 23.2 Å². The molecule has 0 amide bonds. The summed E-state index contributed by atoms with van der Waals surface area (Å²) in [7, 11) is 0. The first kappa shape index (κ1) is 17.2. The van der Waals surface area contributed by atoms with Crippen LogP contribution in [-0.2, 0) is 4.74 Å². The third-order valence-corrected chi connectivity index (χ3v) is 5.15. The second-order valence-corrected chi connectivity index (χ2v) is 6.93. The van der Waals surface area contributed by atoms with Gasteiger partial charge in [0.1, 0.15) is 18.3 Å². The molecule has 0 aliphatic carbocycles. The Morgan fingerprint density at radius 3 is 2.65 bits per heavy atom. The van der Waals surface area contributed by atoms with Crippen LogP contribution in [0.2, 0.25) is 0 Å². The van der Waals surface area contributed by atoms with Crippen molar-refractivity contribution in [1.82, 2.24) is 19.5 Å². The fourth-order valence-electron chi connectivity index (χ4n) is 3.17. The number of benzene rings is 1. The van der Waals surface area contributed by atoms with Gasteiger partial charge in [-0.3, -0.25) is 4.57 Å². The van der Waals surface area contributed by atoms with Crippen LogP contribution in [0.4, 0.5) is 5.82 Å². The van der Waals surface area contributed by atoms with E-state index in [1.54, 1.807) is 4.57 Å². The van der Waals surface area contributed by atoms with Crippen LogP contribution in [0, 0.1) is 6.92 Å². The predicted molar refractivity (Wildman–Crippen MR) is 99.7 cm³/mol. The minimum Gasteiger partial charge on any atom is -0.394 e. The summed E-state index contributed by atoms with van der Waals surface area (Å²) >= 11 is 4.50. The number of nitrogens with two attached hydrogens (primary N) is 1. The van der Waals surface area contributed by atoms with Gasteiger partial charge in [0.2, 0.25) is 0 Å². The van der Waals surface area contributed by atoms with Gasteiger partial charge < -0.3 is 20.7 Å². The summed E-state index contributed by atoms with van der Waals surface area (Å²) in [5.41, 5.74) is 8.89. The lowest BCUT2D eigenvalue weighted by atomic mass is 10.1. The van der Waals surface area contributed by atoms with Crippen LogP contribution in [0.15, 0.2) is 30.6 Å². The van der Waals surface area contributed by atoms with E-state index in [9.17, 15) is 10.2 Å². The molecule has 1 fully saturated rings. The lowest BCUT2D eigenvalue weighted by Gasteiger charge is -2.19. The number of nitrogen functional groups attached to an aromatic ring is 1. The maximum Gasteiger partial charge on any atom is 0.168 e. The smallest absolute Gasteiger partial charge is 0.168 e. The molecular weight excluding hydrogens is 354 g/mol. The molecule has 0 bridgehead atoms. The largest absolute Gasteiger partial charge is 0.394 e. The first-order valence-electron chi connectivity index (χ1n) is 8.19. The van der Waals surface area contributed by atoms with Crippen molar-refractivity contribution in [3.05, 3.63) is 36.2 Å². The number of aryl methyl sites for hydroxylation is 1. The summed E-state index contributed by atoms with van der Waals surface area (Å²) in [6.07, 6.45) is -0.959. The molecule has 3 aromatic rings. The van der Waals surface area contributed by atoms with E-state index in [1.165, 1.54) is 6.33 Å². The number of nitrogens with zero attached hydrogens (tertiary/aromatic N) is 4. The van der Waals surface area contributed by atoms with E-state index in [2.05, 4.69) is 27.6 Å². The molecule has 4 atom stereocenters. The van der Waals surface area contributed by atoms with Crippen molar-refractivity contribution in [3.8, 4) is 11.4 Å². The summed E-state index contributed by atoms with van der Waals surface area (Å²) in [5, 5.41) is 19.2. The molecule has 8 nitrogen and oxygen atoms in total. The number of aromatic nitrogens is 4. The molecule has 4 rings (SSSR count). The fraction of sp³-hybridized carbons (Fsp3) is 0.353. The van der Waals surface area contributed by atoms with Gasteiger partial charge >= 0.3 is 0 Å². The lowest BCUT2D eigenvalue weighted by molar-refractivity contribution is -0.0425. The van der Waals surface area contributed by atoms with Crippen molar-refractivity contribution in [3.63, 3.8) is 0 Å². The Morgan fingerprint density at radius 2 is 2.00 bits per heavy atom. The first-order chi connectivity index (χ1) is 12.5. The average molecular weight is 373 g/mol. The van der Waals surface area contributed by atoms with Crippen LogP contribution in [-0.4, -0.2) is 53.8 Å². The van der Waals surface area contributed by atoms with E-state index in [1.807, 2.05) is 31.2 Å². The third-order valence-electron chi connectivity index (χ3n) is 4.59. The second kappa shape index (κ2) is 6.51. The second-order valence-electron chi connectivity index (χ2n) is 6.33. The average Bonchev–Trinajstić information content (AvgIpc) is 3.15.